The predicted molar refractivity (Wildman–Crippen MR) is 70.0 cm³/mol. The molecule has 2 heterocycles. The average molecular weight is 301 g/mol. The van der Waals surface area contributed by atoms with Crippen molar-refractivity contribution in [2.45, 2.75) is 12.8 Å². The Labute approximate surface area is 110 Å². The first-order valence-corrected chi connectivity index (χ1v) is 6.58. The summed E-state index contributed by atoms with van der Waals surface area (Å²) in [5, 5.41) is 12.8. The fourth-order valence-electron chi connectivity index (χ4n) is 1.98. The van der Waals surface area contributed by atoms with Gasteiger partial charge in [-0.2, -0.15) is 0 Å². The van der Waals surface area contributed by atoms with Gasteiger partial charge in [-0.05, 0) is 40.9 Å². The van der Waals surface area contributed by atoms with Crippen LogP contribution in [0.4, 0.5) is 5.82 Å². The highest BCUT2D eigenvalue weighted by Crippen LogP contribution is 2.30. The molecule has 5 heteroatoms. The molecule has 1 fully saturated rings. The van der Waals surface area contributed by atoms with E-state index in [1.807, 2.05) is 18.2 Å². The van der Waals surface area contributed by atoms with Gasteiger partial charge in [0.05, 0.1) is 6.61 Å². The topological polar surface area (TPSA) is 54.4 Å². The van der Waals surface area contributed by atoms with Crippen LogP contribution in [-0.4, -0.2) is 36.5 Å². The number of pyridine rings is 1. The molecule has 1 aromatic heterocycles. The van der Waals surface area contributed by atoms with Crippen LogP contribution in [0.3, 0.4) is 0 Å². The summed E-state index contributed by atoms with van der Waals surface area (Å²) >= 11 is 3.34. The third-order valence-electron chi connectivity index (χ3n) is 3.25. The lowest BCUT2D eigenvalue weighted by molar-refractivity contribution is -0.00861. The summed E-state index contributed by atoms with van der Waals surface area (Å²) in [5.41, 5.74) is -0.0672. The van der Waals surface area contributed by atoms with Crippen LogP contribution in [0.5, 0.6) is 0 Å². The molecule has 1 aromatic rings. The van der Waals surface area contributed by atoms with Gasteiger partial charge in [-0.25, -0.2) is 4.98 Å². The van der Waals surface area contributed by atoms with E-state index in [4.69, 9.17) is 4.74 Å². The zero-order valence-corrected chi connectivity index (χ0v) is 11.2. The Hall–Kier alpha value is -0.650. The first-order chi connectivity index (χ1) is 8.24. The molecule has 0 saturated carbocycles. The van der Waals surface area contributed by atoms with Gasteiger partial charge in [0.1, 0.15) is 10.4 Å². The van der Waals surface area contributed by atoms with E-state index in [-0.39, 0.29) is 12.0 Å². The van der Waals surface area contributed by atoms with Crippen molar-refractivity contribution in [1.82, 2.24) is 4.98 Å². The van der Waals surface area contributed by atoms with Crippen LogP contribution in [0.25, 0.3) is 0 Å². The third-order valence-corrected chi connectivity index (χ3v) is 3.69. The summed E-state index contributed by atoms with van der Waals surface area (Å²) in [4.78, 5) is 4.32. The number of nitrogens with one attached hydrogen (secondary N) is 1. The van der Waals surface area contributed by atoms with Crippen LogP contribution >= 0.6 is 15.9 Å². The quantitative estimate of drug-likeness (QED) is 0.836. The maximum atomic E-state index is 9.55. The molecule has 1 saturated heterocycles. The smallest absolute Gasteiger partial charge is 0.127 e. The van der Waals surface area contributed by atoms with Crippen molar-refractivity contribution in [1.29, 1.82) is 0 Å². The number of halogens is 1. The second-order valence-corrected chi connectivity index (χ2v) is 5.28. The van der Waals surface area contributed by atoms with Crippen LogP contribution in [0, 0.1) is 5.41 Å². The molecule has 0 radical (unpaired) electrons. The van der Waals surface area contributed by atoms with E-state index >= 15 is 0 Å². The highest BCUT2D eigenvalue weighted by atomic mass is 79.9. The van der Waals surface area contributed by atoms with Crippen molar-refractivity contribution in [2.75, 3.05) is 31.7 Å². The first-order valence-electron chi connectivity index (χ1n) is 5.79. The van der Waals surface area contributed by atoms with Crippen LogP contribution in [0.2, 0.25) is 0 Å². The van der Waals surface area contributed by atoms with Crippen molar-refractivity contribution in [3.8, 4) is 0 Å². The Balaban J connectivity index is 1.95. The maximum Gasteiger partial charge on any atom is 0.127 e. The normalized spacial score (nSPS) is 18.9. The number of anilines is 1. The number of rotatable bonds is 4. The Bertz CT molecular complexity index is 367. The molecule has 2 rings (SSSR count). The largest absolute Gasteiger partial charge is 0.396 e. The fourth-order valence-corrected chi connectivity index (χ4v) is 2.32. The minimum Gasteiger partial charge on any atom is -0.396 e. The van der Waals surface area contributed by atoms with Gasteiger partial charge in [-0.15, -0.1) is 0 Å². The number of hydrogen-bond donors (Lipinski definition) is 2. The zero-order valence-electron chi connectivity index (χ0n) is 9.66. The van der Waals surface area contributed by atoms with Crippen LogP contribution < -0.4 is 5.32 Å². The van der Waals surface area contributed by atoms with Crippen molar-refractivity contribution in [2.24, 2.45) is 5.41 Å². The number of aliphatic hydroxyl groups is 1. The Morgan fingerprint density at radius 2 is 2.18 bits per heavy atom. The van der Waals surface area contributed by atoms with Gasteiger partial charge in [0.25, 0.3) is 0 Å². The summed E-state index contributed by atoms with van der Waals surface area (Å²) in [6.07, 6.45) is 1.79. The van der Waals surface area contributed by atoms with Crippen molar-refractivity contribution in [3.63, 3.8) is 0 Å². The molecule has 2 N–H and O–H groups in total. The molecule has 0 spiro atoms. The summed E-state index contributed by atoms with van der Waals surface area (Å²) in [6.45, 7) is 2.38. The Morgan fingerprint density at radius 1 is 1.41 bits per heavy atom. The van der Waals surface area contributed by atoms with E-state index in [1.54, 1.807) is 0 Å². The van der Waals surface area contributed by atoms with E-state index in [0.29, 0.717) is 0 Å². The molecule has 0 aliphatic carbocycles. The number of aliphatic hydroxyl groups excluding tert-OH is 1. The molecule has 4 nitrogen and oxygen atoms in total. The van der Waals surface area contributed by atoms with Crippen molar-refractivity contribution >= 4 is 21.7 Å². The molecule has 0 bridgehead atoms. The van der Waals surface area contributed by atoms with Gasteiger partial charge in [0.15, 0.2) is 0 Å². The second kappa shape index (κ2) is 5.80. The SMILES string of the molecule is OCC1(CNc2cccc(Br)n2)CCOCC1. The molecule has 0 amide bonds. The predicted octanol–water partition coefficient (Wildman–Crippen LogP) is 2.05. The Kier molecular flexibility index (Phi) is 4.36. The van der Waals surface area contributed by atoms with E-state index in [9.17, 15) is 5.11 Å². The van der Waals surface area contributed by atoms with Gasteiger partial charge in [-0.3, -0.25) is 0 Å². The van der Waals surface area contributed by atoms with E-state index in [2.05, 4.69) is 26.2 Å². The number of ether oxygens (including phenoxy) is 1. The number of nitrogens with zero attached hydrogens (tertiary/aromatic N) is 1. The number of hydrogen-bond acceptors (Lipinski definition) is 4. The average Bonchev–Trinajstić information content (AvgIpc) is 2.38. The lowest BCUT2D eigenvalue weighted by Gasteiger charge is -2.35. The summed E-state index contributed by atoms with van der Waals surface area (Å²) in [7, 11) is 0. The minimum atomic E-state index is -0.0672. The second-order valence-electron chi connectivity index (χ2n) is 4.47. The van der Waals surface area contributed by atoms with Gasteiger partial charge in [0.2, 0.25) is 0 Å². The maximum absolute atomic E-state index is 9.55. The van der Waals surface area contributed by atoms with E-state index < -0.39 is 0 Å². The molecular weight excluding hydrogens is 284 g/mol. The molecule has 0 unspecified atom stereocenters. The fraction of sp³-hybridized carbons (Fsp3) is 0.583. The van der Waals surface area contributed by atoms with Crippen LogP contribution in [0.1, 0.15) is 12.8 Å². The number of aromatic nitrogens is 1. The van der Waals surface area contributed by atoms with Crippen LogP contribution in [0.15, 0.2) is 22.8 Å². The lowest BCUT2D eigenvalue weighted by atomic mass is 9.81. The molecule has 1 aliphatic rings. The summed E-state index contributed by atoms with van der Waals surface area (Å²) in [5.74, 6) is 0.832. The zero-order chi connectivity index (χ0) is 12.1. The van der Waals surface area contributed by atoms with Gasteiger partial charge in [0, 0.05) is 25.2 Å². The molecule has 94 valence electrons. The molecule has 17 heavy (non-hydrogen) atoms. The lowest BCUT2D eigenvalue weighted by Crippen LogP contribution is -2.39. The van der Waals surface area contributed by atoms with Gasteiger partial charge in [-0.1, -0.05) is 6.07 Å². The van der Waals surface area contributed by atoms with E-state index in [1.165, 1.54) is 0 Å². The minimum absolute atomic E-state index is 0.0672. The summed E-state index contributed by atoms with van der Waals surface area (Å²) in [6, 6.07) is 5.76. The molecular formula is C12H17BrN2O2. The van der Waals surface area contributed by atoms with E-state index in [0.717, 1.165) is 43.0 Å². The van der Waals surface area contributed by atoms with Crippen LogP contribution in [-0.2, 0) is 4.74 Å². The molecule has 1 aliphatic heterocycles. The molecule has 0 aromatic carbocycles. The monoisotopic (exact) mass is 300 g/mol. The van der Waals surface area contributed by atoms with Crippen molar-refractivity contribution < 1.29 is 9.84 Å². The first kappa shape index (κ1) is 12.8. The standard InChI is InChI=1S/C12H17BrN2O2/c13-10-2-1-3-11(15-10)14-8-12(9-16)4-6-17-7-5-12/h1-3,16H,4-9H2,(H,14,15). The van der Waals surface area contributed by atoms with Gasteiger partial charge < -0.3 is 15.2 Å². The van der Waals surface area contributed by atoms with Gasteiger partial charge >= 0.3 is 0 Å². The molecule has 0 atom stereocenters. The van der Waals surface area contributed by atoms with Crippen molar-refractivity contribution in [3.05, 3.63) is 22.8 Å². The highest BCUT2D eigenvalue weighted by Gasteiger charge is 2.31. The third kappa shape index (κ3) is 3.40. The highest BCUT2D eigenvalue weighted by molar-refractivity contribution is 9.10. The summed E-state index contributed by atoms with van der Waals surface area (Å²) < 4.78 is 6.15. The Morgan fingerprint density at radius 3 is 2.82 bits per heavy atom.